The van der Waals surface area contributed by atoms with Crippen LogP contribution in [0, 0.1) is 13.8 Å². The molecule has 0 fully saturated rings. The monoisotopic (exact) mass is 384 g/mol. The maximum Gasteiger partial charge on any atom is 0.310 e. The summed E-state index contributed by atoms with van der Waals surface area (Å²) in [6.45, 7) is 3.66. The molecule has 1 heterocycles. The number of methoxy groups -OCH3 is 1. The van der Waals surface area contributed by atoms with Crippen LogP contribution in [0.25, 0.3) is 10.2 Å². The first-order valence-electron chi connectivity index (χ1n) is 8.41. The third kappa shape index (κ3) is 4.83. The summed E-state index contributed by atoms with van der Waals surface area (Å²) < 4.78 is 11.2. The Morgan fingerprint density at radius 1 is 1.19 bits per heavy atom. The van der Waals surface area contributed by atoms with Crippen molar-refractivity contribution in [2.75, 3.05) is 19.0 Å². The number of nitrogens with zero attached hydrogens (tertiary/aromatic N) is 1. The van der Waals surface area contributed by atoms with E-state index in [9.17, 15) is 9.59 Å². The number of aromatic nitrogens is 1. The molecule has 0 atom stereocenters. The number of benzene rings is 2. The van der Waals surface area contributed by atoms with E-state index in [0.29, 0.717) is 10.9 Å². The van der Waals surface area contributed by atoms with Crippen LogP contribution in [0.3, 0.4) is 0 Å². The molecule has 0 saturated carbocycles. The van der Waals surface area contributed by atoms with Gasteiger partial charge in [0.2, 0.25) is 0 Å². The fourth-order valence-electron chi connectivity index (χ4n) is 2.73. The highest BCUT2D eigenvalue weighted by Gasteiger charge is 2.12. The Hall–Kier alpha value is -2.93. The van der Waals surface area contributed by atoms with E-state index in [2.05, 4.69) is 10.3 Å². The predicted octanol–water partition coefficient (Wildman–Crippen LogP) is 3.65. The van der Waals surface area contributed by atoms with Gasteiger partial charge in [0.1, 0.15) is 5.75 Å². The minimum Gasteiger partial charge on any atom is -0.497 e. The molecular weight excluding hydrogens is 364 g/mol. The molecule has 1 aromatic heterocycles. The number of carbonyl (C=O) groups excluding carboxylic acids is 2. The number of hydrogen-bond donors (Lipinski definition) is 1. The average molecular weight is 384 g/mol. The standard InChI is InChI=1S/C20H20N2O4S/c1-12-7-13(2)19-16(8-12)27-20(22-19)21-17(23)11-26-18(24)10-14-5-4-6-15(9-14)25-3/h4-9H,10-11H2,1-3H3,(H,21,22,23). The second-order valence-corrected chi connectivity index (χ2v) is 7.22. The fraction of sp³-hybridized carbons (Fsp3) is 0.250. The van der Waals surface area contributed by atoms with Crippen LogP contribution in [0.1, 0.15) is 16.7 Å². The Morgan fingerprint density at radius 2 is 2.00 bits per heavy atom. The summed E-state index contributed by atoms with van der Waals surface area (Å²) in [5.74, 6) is -0.226. The molecule has 140 valence electrons. The molecule has 0 radical (unpaired) electrons. The highest BCUT2D eigenvalue weighted by Crippen LogP contribution is 2.29. The first-order chi connectivity index (χ1) is 12.9. The molecule has 27 heavy (non-hydrogen) atoms. The van der Waals surface area contributed by atoms with Crippen molar-refractivity contribution in [3.63, 3.8) is 0 Å². The summed E-state index contributed by atoms with van der Waals surface area (Å²) in [4.78, 5) is 28.4. The van der Waals surface area contributed by atoms with Gasteiger partial charge in [-0.1, -0.05) is 29.5 Å². The van der Waals surface area contributed by atoms with E-state index in [1.54, 1.807) is 31.4 Å². The molecule has 0 saturated heterocycles. The second-order valence-electron chi connectivity index (χ2n) is 6.18. The van der Waals surface area contributed by atoms with Crippen molar-refractivity contribution in [1.29, 1.82) is 0 Å². The third-order valence-corrected chi connectivity index (χ3v) is 4.84. The SMILES string of the molecule is COc1cccc(CC(=O)OCC(=O)Nc2nc3c(C)cc(C)cc3s2)c1. The highest BCUT2D eigenvalue weighted by atomic mass is 32.1. The zero-order valence-corrected chi connectivity index (χ0v) is 16.2. The number of anilines is 1. The van der Waals surface area contributed by atoms with Gasteiger partial charge >= 0.3 is 5.97 Å². The van der Waals surface area contributed by atoms with Gasteiger partial charge < -0.3 is 9.47 Å². The van der Waals surface area contributed by atoms with Crippen LogP contribution < -0.4 is 10.1 Å². The number of rotatable bonds is 6. The van der Waals surface area contributed by atoms with Gasteiger partial charge in [-0.15, -0.1) is 0 Å². The van der Waals surface area contributed by atoms with E-state index in [1.165, 1.54) is 11.3 Å². The van der Waals surface area contributed by atoms with Crippen LogP contribution in [0.15, 0.2) is 36.4 Å². The lowest BCUT2D eigenvalue weighted by atomic mass is 10.1. The molecule has 7 heteroatoms. The Bertz CT molecular complexity index is 997. The van der Waals surface area contributed by atoms with Gasteiger partial charge in [0.15, 0.2) is 11.7 Å². The lowest BCUT2D eigenvalue weighted by Gasteiger charge is -2.06. The summed E-state index contributed by atoms with van der Waals surface area (Å²) >= 11 is 1.40. The zero-order valence-electron chi connectivity index (χ0n) is 15.4. The molecule has 1 N–H and O–H groups in total. The zero-order chi connectivity index (χ0) is 19.4. The van der Waals surface area contributed by atoms with Crippen molar-refractivity contribution < 1.29 is 19.1 Å². The number of nitrogens with one attached hydrogen (secondary N) is 1. The van der Waals surface area contributed by atoms with Crippen molar-refractivity contribution in [1.82, 2.24) is 4.98 Å². The van der Waals surface area contributed by atoms with Crippen molar-refractivity contribution in [2.24, 2.45) is 0 Å². The number of ether oxygens (including phenoxy) is 2. The van der Waals surface area contributed by atoms with E-state index in [0.717, 1.165) is 26.9 Å². The van der Waals surface area contributed by atoms with Crippen molar-refractivity contribution in [3.05, 3.63) is 53.1 Å². The molecule has 3 rings (SSSR count). The molecule has 0 unspecified atom stereocenters. The third-order valence-electron chi connectivity index (χ3n) is 3.92. The molecule has 6 nitrogen and oxygen atoms in total. The Morgan fingerprint density at radius 3 is 2.78 bits per heavy atom. The molecule has 0 aliphatic rings. The molecule has 0 aliphatic carbocycles. The number of aryl methyl sites for hydroxylation is 2. The molecule has 0 bridgehead atoms. The largest absolute Gasteiger partial charge is 0.497 e. The van der Waals surface area contributed by atoms with Gasteiger partial charge in [-0.05, 0) is 48.7 Å². The van der Waals surface area contributed by atoms with Gasteiger partial charge in [-0.3, -0.25) is 14.9 Å². The first kappa shape index (κ1) is 18.8. The molecule has 3 aromatic rings. The smallest absolute Gasteiger partial charge is 0.310 e. The lowest BCUT2D eigenvalue weighted by Crippen LogP contribution is -2.21. The number of amides is 1. The summed E-state index contributed by atoms with van der Waals surface area (Å²) in [7, 11) is 1.56. The minimum atomic E-state index is -0.478. The fourth-order valence-corrected chi connectivity index (χ4v) is 3.78. The van der Waals surface area contributed by atoms with Crippen LogP contribution in [0.2, 0.25) is 0 Å². The topological polar surface area (TPSA) is 77.5 Å². The molecular formula is C20H20N2O4S. The molecule has 2 aromatic carbocycles. The van der Waals surface area contributed by atoms with Gasteiger partial charge in [0.25, 0.3) is 5.91 Å². The molecule has 0 aliphatic heterocycles. The van der Waals surface area contributed by atoms with E-state index in [1.807, 2.05) is 26.0 Å². The lowest BCUT2D eigenvalue weighted by molar-refractivity contribution is -0.146. The van der Waals surface area contributed by atoms with E-state index in [4.69, 9.17) is 9.47 Å². The van der Waals surface area contributed by atoms with Crippen LogP contribution in [-0.2, 0) is 20.7 Å². The number of esters is 1. The van der Waals surface area contributed by atoms with Gasteiger partial charge in [0, 0.05) is 0 Å². The summed E-state index contributed by atoms with van der Waals surface area (Å²) in [5, 5.41) is 3.18. The number of hydrogen-bond acceptors (Lipinski definition) is 6. The Kier molecular flexibility index (Phi) is 5.71. The van der Waals surface area contributed by atoms with E-state index >= 15 is 0 Å². The summed E-state index contributed by atoms with van der Waals surface area (Å²) in [6.07, 6.45) is 0.0735. The van der Waals surface area contributed by atoms with Gasteiger partial charge in [-0.25, -0.2) is 4.98 Å². The maximum atomic E-state index is 12.1. The normalized spacial score (nSPS) is 10.6. The molecule has 0 spiro atoms. The number of fused-ring (bicyclic) bond motifs is 1. The minimum absolute atomic E-state index is 0.0735. The van der Waals surface area contributed by atoms with Crippen molar-refractivity contribution in [2.45, 2.75) is 20.3 Å². The quantitative estimate of drug-likeness (QED) is 0.657. The van der Waals surface area contributed by atoms with Crippen LogP contribution >= 0.6 is 11.3 Å². The summed E-state index contributed by atoms with van der Waals surface area (Å²) in [6, 6.07) is 11.2. The van der Waals surface area contributed by atoms with Crippen LogP contribution in [0.5, 0.6) is 5.75 Å². The van der Waals surface area contributed by atoms with Crippen LogP contribution in [0.4, 0.5) is 5.13 Å². The Balaban J connectivity index is 1.55. The molecule has 1 amide bonds. The van der Waals surface area contributed by atoms with E-state index in [-0.39, 0.29) is 13.0 Å². The predicted molar refractivity (Wildman–Crippen MR) is 105 cm³/mol. The second kappa shape index (κ2) is 8.18. The average Bonchev–Trinajstić information content (AvgIpc) is 3.02. The van der Waals surface area contributed by atoms with Crippen molar-refractivity contribution in [3.8, 4) is 5.75 Å². The van der Waals surface area contributed by atoms with Crippen molar-refractivity contribution >= 4 is 38.6 Å². The first-order valence-corrected chi connectivity index (χ1v) is 9.22. The van der Waals surface area contributed by atoms with Crippen LogP contribution in [-0.4, -0.2) is 30.6 Å². The summed E-state index contributed by atoms with van der Waals surface area (Å²) in [5.41, 5.74) is 3.84. The Labute approximate surface area is 161 Å². The number of thiazole rings is 1. The van der Waals surface area contributed by atoms with Gasteiger partial charge in [-0.2, -0.15) is 0 Å². The number of carbonyl (C=O) groups is 2. The van der Waals surface area contributed by atoms with Gasteiger partial charge in [0.05, 0.1) is 23.7 Å². The van der Waals surface area contributed by atoms with E-state index < -0.39 is 11.9 Å². The highest BCUT2D eigenvalue weighted by molar-refractivity contribution is 7.22. The maximum absolute atomic E-state index is 12.1.